The van der Waals surface area contributed by atoms with Gasteiger partial charge in [0.25, 0.3) is 0 Å². The molecule has 2 amide bonds. The van der Waals surface area contributed by atoms with Crippen LogP contribution in [0.1, 0.15) is 52.5 Å². The molecule has 0 unspecified atom stereocenters. The summed E-state index contributed by atoms with van der Waals surface area (Å²) in [6, 6.07) is 12.2. The molecule has 0 atom stereocenters. The van der Waals surface area contributed by atoms with E-state index < -0.39 is 27.3 Å². The summed E-state index contributed by atoms with van der Waals surface area (Å²) in [5.41, 5.74) is 2.01. The maximum atomic E-state index is 13.0. The maximum Gasteiger partial charge on any atom is 0.323 e. The average molecular weight is 532 g/mol. The van der Waals surface area contributed by atoms with Crippen molar-refractivity contribution in [3.05, 3.63) is 48.0 Å². The highest BCUT2D eigenvalue weighted by atomic mass is 32.2. The van der Waals surface area contributed by atoms with Gasteiger partial charge in [0.1, 0.15) is 15.6 Å². The van der Waals surface area contributed by atoms with Crippen LogP contribution < -0.4 is 20.3 Å². The Morgan fingerprint density at radius 1 is 1.05 bits per heavy atom. The lowest BCUT2D eigenvalue weighted by molar-refractivity contribution is -0.138. The molecular weight excluding hydrogens is 494 g/mol. The summed E-state index contributed by atoms with van der Waals surface area (Å²) < 4.78 is 29.4. The van der Waals surface area contributed by atoms with Crippen molar-refractivity contribution in [2.24, 2.45) is 0 Å². The fourth-order valence-electron chi connectivity index (χ4n) is 4.69. The molecule has 9 nitrogen and oxygen atoms in total. The smallest absolute Gasteiger partial charge is 0.323 e. The number of amides is 2. The molecule has 37 heavy (non-hydrogen) atoms. The predicted molar refractivity (Wildman–Crippen MR) is 147 cm³/mol. The summed E-state index contributed by atoms with van der Waals surface area (Å²) in [7, 11) is -3.02. The number of nitrogens with zero attached hydrogens (tertiary/aromatic N) is 1. The molecule has 1 fully saturated rings. The molecule has 1 heterocycles. The number of sulfone groups is 1. The standard InChI is InChI=1S/C27H37N3O6S/c1-5-30(21-13-15-37(34,35)16-14-21)24-12-7-19(27(3,4)18-25(31)32)17-23(24)29-26(33)28-20-8-10-22(11-9-20)36-6-2/h7-12,17,21H,5-6,13-16,18H2,1-4H3,(H,31,32)(H2,28,29,33). The summed E-state index contributed by atoms with van der Waals surface area (Å²) in [5.74, 6) is 0.0743. The molecule has 1 aliphatic heterocycles. The largest absolute Gasteiger partial charge is 0.494 e. The second kappa shape index (κ2) is 11.9. The molecule has 3 N–H and O–H groups in total. The first kappa shape index (κ1) is 28.3. The molecule has 0 bridgehead atoms. The minimum atomic E-state index is -3.02. The molecule has 0 aromatic heterocycles. The zero-order valence-corrected chi connectivity index (χ0v) is 22.7. The lowest BCUT2D eigenvalue weighted by Gasteiger charge is -2.37. The van der Waals surface area contributed by atoms with E-state index in [1.807, 2.05) is 45.9 Å². The Morgan fingerprint density at radius 3 is 2.27 bits per heavy atom. The molecule has 1 saturated heterocycles. The number of carbonyl (C=O) groups is 2. The normalized spacial score (nSPS) is 15.6. The Labute approximate surface area is 219 Å². The number of anilines is 3. The second-order valence-electron chi connectivity index (χ2n) is 9.89. The van der Waals surface area contributed by atoms with Crippen LogP contribution in [0, 0.1) is 0 Å². The van der Waals surface area contributed by atoms with Crippen LogP contribution in [0.4, 0.5) is 21.9 Å². The van der Waals surface area contributed by atoms with Gasteiger partial charge in [0.2, 0.25) is 0 Å². The summed E-state index contributed by atoms with van der Waals surface area (Å²) in [5, 5.41) is 15.2. The van der Waals surface area contributed by atoms with E-state index >= 15 is 0 Å². The first-order valence-corrected chi connectivity index (χ1v) is 14.4. The summed E-state index contributed by atoms with van der Waals surface area (Å²) in [6.07, 6.45) is 0.961. The number of ether oxygens (including phenoxy) is 1. The quantitative estimate of drug-likeness (QED) is 0.399. The second-order valence-corrected chi connectivity index (χ2v) is 12.2. The van der Waals surface area contributed by atoms with Crippen LogP contribution in [-0.4, -0.2) is 56.2 Å². The molecule has 202 valence electrons. The highest BCUT2D eigenvalue weighted by molar-refractivity contribution is 7.91. The third-order valence-corrected chi connectivity index (χ3v) is 8.37. The summed E-state index contributed by atoms with van der Waals surface area (Å²) >= 11 is 0. The SMILES string of the molecule is CCOc1ccc(NC(=O)Nc2cc(C(C)(C)CC(=O)O)ccc2N(CC)C2CCS(=O)(=O)CC2)cc1. The van der Waals surface area contributed by atoms with Crippen molar-refractivity contribution in [1.29, 1.82) is 0 Å². The van der Waals surface area contributed by atoms with Gasteiger partial charge >= 0.3 is 12.0 Å². The molecular formula is C27H37N3O6S. The molecule has 2 aromatic rings. The van der Waals surface area contributed by atoms with Gasteiger partial charge < -0.3 is 25.4 Å². The monoisotopic (exact) mass is 531 g/mol. The summed E-state index contributed by atoms with van der Waals surface area (Å²) in [4.78, 5) is 26.6. The Kier molecular flexibility index (Phi) is 9.07. The minimum Gasteiger partial charge on any atom is -0.494 e. The van der Waals surface area contributed by atoms with Crippen molar-refractivity contribution < 1.29 is 27.9 Å². The van der Waals surface area contributed by atoms with Crippen LogP contribution in [-0.2, 0) is 20.0 Å². The summed E-state index contributed by atoms with van der Waals surface area (Å²) in [6.45, 7) is 8.76. The number of hydrogen-bond donors (Lipinski definition) is 3. The van der Waals surface area contributed by atoms with Gasteiger partial charge in [0.15, 0.2) is 0 Å². The van der Waals surface area contributed by atoms with Crippen LogP contribution in [0.2, 0.25) is 0 Å². The molecule has 0 saturated carbocycles. The Morgan fingerprint density at radius 2 is 1.70 bits per heavy atom. The number of benzene rings is 2. The maximum absolute atomic E-state index is 13.0. The Hall–Kier alpha value is -3.27. The van der Waals surface area contributed by atoms with E-state index in [1.165, 1.54) is 0 Å². The van der Waals surface area contributed by atoms with Crippen LogP contribution in [0.25, 0.3) is 0 Å². The molecule has 2 aromatic carbocycles. The highest BCUT2D eigenvalue weighted by Crippen LogP contribution is 2.36. The van der Waals surface area contributed by atoms with Gasteiger partial charge in [-0.2, -0.15) is 0 Å². The van der Waals surface area contributed by atoms with E-state index in [0.717, 1.165) is 11.3 Å². The lowest BCUT2D eigenvalue weighted by Crippen LogP contribution is -2.42. The van der Waals surface area contributed by atoms with Gasteiger partial charge in [-0.1, -0.05) is 19.9 Å². The molecule has 3 rings (SSSR count). The van der Waals surface area contributed by atoms with E-state index in [9.17, 15) is 23.1 Å². The average Bonchev–Trinajstić information content (AvgIpc) is 2.82. The predicted octanol–water partition coefficient (Wildman–Crippen LogP) is 4.89. The van der Waals surface area contributed by atoms with Crippen molar-refractivity contribution >= 4 is 38.9 Å². The molecule has 1 aliphatic rings. The van der Waals surface area contributed by atoms with Crippen molar-refractivity contribution in [3.63, 3.8) is 0 Å². The van der Waals surface area contributed by atoms with Gasteiger partial charge in [-0.15, -0.1) is 0 Å². The lowest BCUT2D eigenvalue weighted by atomic mass is 9.81. The van der Waals surface area contributed by atoms with E-state index in [0.29, 0.717) is 43.1 Å². The van der Waals surface area contributed by atoms with Crippen LogP contribution in [0.3, 0.4) is 0 Å². The number of hydrogen-bond acceptors (Lipinski definition) is 6. The van der Waals surface area contributed by atoms with Crippen molar-refractivity contribution in [1.82, 2.24) is 0 Å². The van der Waals surface area contributed by atoms with E-state index in [2.05, 4.69) is 15.5 Å². The van der Waals surface area contributed by atoms with Gasteiger partial charge in [0, 0.05) is 23.7 Å². The zero-order chi connectivity index (χ0) is 27.2. The van der Waals surface area contributed by atoms with Crippen LogP contribution in [0.15, 0.2) is 42.5 Å². The first-order valence-electron chi connectivity index (χ1n) is 12.6. The number of rotatable bonds is 10. The number of nitrogens with one attached hydrogen (secondary N) is 2. The number of carboxylic acids is 1. The van der Waals surface area contributed by atoms with Crippen molar-refractivity contribution in [2.45, 2.75) is 58.4 Å². The Balaban J connectivity index is 1.91. The highest BCUT2D eigenvalue weighted by Gasteiger charge is 2.30. The number of aliphatic carboxylic acids is 1. The molecule has 0 spiro atoms. The van der Waals surface area contributed by atoms with Gasteiger partial charge in [-0.05, 0) is 68.7 Å². The fourth-order valence-corrected chi connectivity index (χ4v) is 6.15. The van der Waals surface area contributed by atoms with Gasteiger partial charge in [0.05, 0.1) is 35.9 Å². The minimum absolute atomic E-state index is 0.0149. The van der Waals surface area contributed by atoms with Gasteiger partial charge in [-0.3, -0.25) is 4.79 Å². The first-order chi connectivity index (χ1) is 17.4. The fraction of sp³-hybridized carbons (Fsp3) is 0.481. The molecule has 0 aliphatic carbocycles. The van der Waals surface area contributed by atoms with Gasteiger partial charge in [-0.25, -0.2) is 13.2 Å². The topological polar surface area (TPSA) is 125 Å². The number of urea groups is 1. The van der Waals surface area contributed by atoms with E-state index in [-0.39, 0.29) is 24.0 Å². The third kappa shape index (κ3) is 7.61. The number of carbonyl (C=O) groups excluding carboxylic acids is 1. The van der Waals surface area contributed by atoms with E-state index in [4.69, 9.17) is 4.74 Å². The molecule has 0 radical (unpaired) electrons. The van der Waals surface area contributed by atoms with Crippen LogP contribution in [0.5, 0.6) is 5.75 Å². The zero-order valence-electron chi connectivity index (χ0n) is 21.9. The van der Waals surface area contributed by atoms with E-state index in [1.54, 1.807) is 24.3 Å². The Bertz CT molecular complexity index is 1200. The van der Waals surface area contributed by atoms with Crippen LogP contribution >= 0.6 is 0 Å². The van der Waals surface area contributed by atoms with Crippen molar-refractivity contribution in [3.8, 4) is 5.75 Å². The molecule has 10 heteroatoms. The number of carboxylic acid groups (broad SMARTS) is 1. The third-order valence-electron chi connectivity index (χ3n) is 6.66. The van der Waals surface area contributed by atoms with Crippen molar-refractivity contribution in [2.75, 3.05) is 40.2 Å².